The Balaban J connectivity index is 2.01. The maximum Gasteiger partial charge on any atom is 0.169 e. The summed E-state index contributed by atoms with van der Waals surface area (Å²) in [6.45, 7) is 6.69. The Morgan fingerprint density at radius 1 is 1.38 bits per heavy atom. The highest BCUT2D eigenvalue weighted by molar-refractivity contribution is 5.41. The van der Waals surface area contributed by atoms with Crippen LogP contribution >= 0.6 is 0 Å². The number of nitrogens with one attached hydrogen (secondary N) is 2. The van der Waals surface area contributed by atoms with Crippen molar-refractivity contribution in [1.29, 1.82) is 0 Å². The highest BCUT2D eigenvalue weighted by atomic mass is 19.1. The van der Waals surface area contributed by atoms with Crippen LogP contribution in [-0.4, -0.2) is 29.8 Å². The van der Waals surface area contributed by atoms with Crippen molar-refractivity contribution in [1.82, 2.24) is 10.3 Å². The molecule has 0 bridgehead atoms. The van der Waals surface area contributed by atoms with Gasteiger partial charge in [0.15, 0.2) is 11.6 Å². The summed E-state index contributed by atoms with van der Waals surface area (Å²) in [5.74, 6) is 0.0973. The van der Waals surface area contributed by atoms with Crippen molar-refractivity contribution in [3.05, 3.63) is 23.6 Å². The van der Waals surface area contributed by atoms with Crippen molar-refractivity contribution in [2.45, 2.75) is 64.3 Å². The molecule has 21 heavy (non-hydrogen) atoms. The summed E-state index contributed by atoms with van der Waals surface area (Å²) in [4.78, 5) is 4.14. The standard InChI is InChI=1S/C16H26FN3O/c1-16(2,3)19-10-11-7-8-18-15(14(11)17)20-12-5-6-13(9-12)21-4/h7-8,12-13,19H,5-6,9-10H2,1-4H3,(H,18,20). The molecular weight excluding hydrogens is 269 g/mol. The number of hydrogen-bond donors (Lipinski definition) is 2. The third-order valence-electron chi connectivity index (χ3n) is 3.84. The van der Waals surface area contributed by atoms with Crippen LogP contribution in [0.2, 0.25) is 0 Å². The molecular formula is C16H26FN3O. The Labute approximate surface area is 126 Å². The molecule has 0 radical (unpaired) electrons. The number of hydrogen-bond acceptors (Lipinski definition) is 4. The molecule has 4 nitrogen and oxygen atoms in total. The lowest BCUT2D eigenvalue weighted by atomic mass is 10.1. The molecule has 0 amide bonds. The van der Waals surface area contributed by atoms with Gasteiger partial charge in [-0.15, -0.1) is 0 Å². The van der Waals surface area contributed by atoms with Crippen molar-refractivity contribution in [3.63, 3.8) is 0 Å². The fraction of sp³-hybridized carbons (Fsp3) is 0.688. The number of nitrogens with zero attached hydrogens (tertiary/aromatic N) is 1. The molecule has 1 heterocycles. The third-order valence-corrected chi connectivity index (χ3v) is 3.84. The molecule has 118 valence electrons. The molecule has 2 atom stereocenters. The van der Waals surface area contributed by atoms with E-state index in [0.29, 0.717) is 17.9 Å². The summed E-state index contributed by atoms with van der Waals surface area (Å²) in [6, 6.07) is 1.97. The van der Waals surface area contributed by atoms with Crippen LogP contribution in [0.3, 0.4) is 0 Å². The Kier molecular flexibility index (Phi) is 5.17. The zero-order chi connectivity index (χ0) is 15.5. The van der Waals surface area contributed by atoms with Gasteiger partial charge in [0.25, 0.3) is 0 Å². The lowest BCUT2D eigenvalue weighted by Crippen LogP contribution is -2.35. The van der Waals surface area contributed by atoms with Gasteiger partial charge in [0.1, 0.15) is 0 Å². The van der Waals surface area contributed by atoms with Crippen molar-refractivity contribution in [3.8, 4) is 0 Å². The first-order chi connectivity index (χ1) is 9.89. The van der Waals surface area contributed by atoms with E-state index in [2.05, 4.69) is 36.4 Å². The second-order valence-electron chi connectivity index (χ2n) is 6.75. The van der Waals surface area contributed by atoms with Gasteiger partial charge < -0.3 is 15.4 Å². The normalized spacial score (nSPS) is 22.5. The zero-order valence-corrected chi connectivity index (χ0v) is 13.4. The molecule has 0 saturated heterocycles. The molecule has 0 aliphatic heterocycles. The number of rotatable bonds is 5. The van der Waals surface area contributed by atoms with E-state index in [9.17, 15) is 4.39 Å². The van der Waals surface area contributed by atoms with Crippen molar-refractivity contribution in [2.75, 3.05) is 12.4 Å². The lowest BCUT2D eigenvalue weighted by molar-refractivity contribution is 0.108. The van der Waals surface area contributed by atoms with Gasteiger partial charge in [0.2, 0.25) is 0 Å². The fourth-order valence-corrected chi connectivity index (χ4v) is 2.56. The predicted molar refractivity (Wildman–Crippen MR) is 82.8 cm³/mol. The first kappa shape index (κ1) is 16.2. The van der Waals surface area contributed by atoms with Crippen LogP contribution in [0.5, 0.6) is 0 Å². The number of pyridine rings is 1. The van der Waals surface area contributed by atoms with E-state index in [-0.39, 0.29) is 23.5 Å². The second kappa shape index (κ2) is 6.71. The second-order valence-corrected chi connectivity index (χ2v) is 6.75. The van der Waals surface area contributed by atoms with Crippen molar-refractivity contribution in [2.24, 2.45) is 0 Å². The first-order valence-corrected chi connectivity index (χ1v) is 7.57. The highest BCUT2D eigenvalue weighted by Crippen LogP contribution is 2.26. The molecule has 1 saturated carbocycles. The van der Waals surface area contributed by atoms with Gasteiger partial charge in [-0.05, 0) is 46.1 Å². The summed E-state index contributed by atoms with van der Waals surface area (Å²) in [7, 11) is 1.73. The van der Waals surface area contributed by atoms with Gasteiger partial charge in [-0.25, -0.2) is 9.37 Å². The van der Waals surface area contributed by atoms with Crippen LogP contribution in [0.4, 0.5) is 10.2 Å². The fourth-order valence-electron chi connectivity index (χ4n) is 2.56. The zero-order valence-electron chi connectivity index (χ0n) is 13.4. The van der Waals surface area contributed by atoms with Crippen LogP contribution in [0, 0.1) is 5.82 Å². The van der Waals surface area contributed by atoms with Gasteiger partial charge in [-0.3, -0.25) is 0 Å². The van der Waals surface area contributed by atoms with Crippen LogP contribution in [0.15, 0.2) is 12.3 Å². The third kappa shape index (κ3) is 4.64. The van der Waals surface area contributed by atoms with Gasteiger partial charge in [-0.2, -0.15) is 0 Å². The monoisotopic (exact) mass is 295 g/mol. The van der Waals surface area contributed by atoms with E-state index in [1.807, 2.05) is 0 Å². The summed E-state index contributed by atoms with van der Waals surface area (Å²) in [5.41, 5.74) is 0.601. The molecule has 1 aromatic rings. The molecule has 2 rings (SSSR count). The smallest absolute Gasteiger partial charge is 0.169 e. The van der Waals surface area contributed by atoms with Crippen molar-refractivity contribution >= 4 is 5.82 Å². The summed E-state index contributed by atoms with van der Waals surface area (Å²) in [5, 5.41) is 6.52. The quantitative estimate of drug-likeness (QED) is 0.876. The van der Waals surface area contributed by atoms with Crippen LogP contribution in [-0.2, 0) is 11.3 Å². The van der Waals surface area contributed by atoms with E-state index in [4.69, 9.17) is 4.74 Å². The molecule has 1 aromatic heterocycles. The SMILES string of the molecule is COC1CCC(Nc2nccc(CNC(C)(C)C)c2F)C1. The van der Waals surface area contributed by atoms with Crippen LogP contribution in [0.25, 0.3) is 0 Å². The minimum absolute atomic E-state index is 0.0412. The molecule has 1 aliphatic rings. The summed E-state index contributed by atoms with van der Waals surface area (Å²) < 4.78 is 19.8. The van der Waals surface area contributed by atoms with E-state index in [1.165, 1.54) is 0 Å². The molecule has 1 fully saturated rings. The molecule has 0 spiro atoms. The highest BCUT2D eigenvalue weighted by Gasteiger charge is 2.25. The van der Waals surface area contributed by atoms with Gasteiger partial charge in [0.05, 0.1) is 6.10 Å². The summed E-state index contributed by atoms with van der Waals surface area (Å²) in [6.07, 6.45) is 4.84. The Hall–Kier alpha value is -1.20. The van der Waals surface area contributed by atoms with Gasteiger partial charge >= 0.3 is 0 Å². The van der Waals surface area contributed by atoms with Crippen LogP contribution < -0.4 is 10.6 Å². The minimum Gasteiger partial charge on any atom is -0.381 e. The van der Waals surface area contributed by atoms with E-state index in [0.717, 1.165) is 19.3 Å². The Morgan fingerprint density at radius 3 is 2.76 bits per heavy atom. The van der Waals surface area contributed by atoms with Crippen LogP contribution in [0.1, 0.15) is 45.6 Å². The van der Waals surface area contributed by atoms with E-state index >= 15 is 0 Å². The molecule has 2 N–H and O–H groups in total. The van der Waals surface area contributed by atoms with E-state index < -0.39 is 0 Å². The lowest BCUT2D eigenvalue weighted by Gasteiger charge is -2.21. The minimum atomic E-state index is -0.255. The number of ether oxygens (including phenoxy) is 1. The molecule has 1 aliphatic carbocycles. The first-order valence-electron chi connectivity index (χ1n) is 7.57. The predicted octanol–water partition coefficient (Wildman–Crippen LogP) is 3.09. The summed E-state index contributed by atoms with van der Waals surface area (Å²) >= 11 is 0. The number of halogens is 1. The maximum absolute atomic E-state index is 14.5. The molecule has 2 unspecified atom stereocenters. The Bertz CT molecular complexity index is 473. The maximum atomic E-state index is 14.5. The number of methoxy groups -OCH3 is 1. The topological polar surface area (TPSA) is 46.2 Å². The van der Waals surface area contributed by atoms with Gasteiger partial charge in [-0.1, -0.05) is 0 Å². The van der Waals surface area contributed by atoms with E-state index in [1.54, 1.807) is 19.4 Å². The van der Waals surface area contributed by atoms with Crippen molar-refractivity contribution < 1.29 is 9.13 Å². The number of aromatic nitrogens is 1. The molecule has 5 heteroatoms. The largest absolute Gasteiger partial charge is 0.381 e. The average molecular weight is 295 g/mol. The number of anilines is 1. The Morgan fingerprint density at radius 2 is 2.14 bits per heavy atom. The average Bonchev–Trinajstić information content (AvgIpc) is 2.86. The van der Waals surface area contributed by atoms with Gasteiger partial charge in [0, 0.05) is 37.0 Å². The molecule has 0 aromatic carbocycles.